The lowest BCUT2D eigenvalue weighted by molar-refractivity contribution is 0.598. The SMILES string of the molecule is NS(=O)(=O)c1ccc(CCNc2ncnc3c2c(-c2ccccc2)cn3-c2ccc(Br)cc2)cc1. The van der Waals surface area contributed by atoms with Crippen molar-refractivity contribution in [3.05, 3.63) is 101 Å². The Morgan fingerprint density at radius 2 is 1.63 bits per heavy atom. The molecule has 0 atom stereocenters. The summed E-state index contributed by atoms with van der Waals surface area (Å²) in [6.07, 6.45) is 4.34. The molecule has 5 aromatic rings. The Bertz CT molecular complexity index is 1580. The second kappa shape index (κ2) is 9.61. The molecule has 35 heavy (non-hydrogen) atoms. The molecular formula is C26H22BrN5O2S. The molecule has 7 nitrogen and oxygen atoms in total. The number of benzene rings is 3. The minimum absolute atomic E-state index is 0.105. The minimum atomic E-state index is -3.70. The number of halogens is 1. The highest BCUT2D eigenvalue weighted by Crippen LogP contribution is 2.35. The fourth-order valence-electron chi connectivity index (χ4n) is 4.00. The highest BCUT2D eigenvalue weighted by Gasteiger charge is 2.17. The normalized spacial score (nSPS) is 11.6. The van der Waals surface area contributed by atoms with Gasteiger partial charge in [0.05, 0.1) is 10.3 Å². The third-order valence-corrected chi connectivity index (χ3v) is 7.19. The molecule has 0 saturated carbocycles. The smallest absolute Gasteiger partial charge is 0.238 e. The average molecular weight is 548 g/mol. The molecule has 0 aliphatic heterocycles. The molecule has 0 aliphatic carbocycles. The Labute approximate surface area is 211 Å². The molecule has 0 unspecified atom stereocenters. The fraction of sp³-hybridized carbons (Fsp3) is 0.0769. The molecule has 5 rings (SSSR count). The van der Waals surface area contributed by atoms with Crippen LogP contribution in [0.1, 0.15) is 5.56 Å². The topological polar surface area (TPSA) is 103 Å². The Morgan fingerprint density at radius 1 is 0.914 bits per heavy atom. The van der Waals surface area contributed by atoms with E-state index in [-0.39, 0.29) is 4.90 Å². The van der Waals surface area contributed by atoms with Gasteiger partial charge in [-0.15, -0.1) is 0 Å². The van der Waals surface area contributed by atoms with Gasteiger partial charge in [0.25, 0.3) is 0 Å². The van der Waals surface area contributed by atoms with Crippen LogP contribution in [0.4, 0.5) is 5.82 Å². The first-order valence-electron chi connectivity index (χ1n) is 10.9. The van der Waals surface area contributed by atoms with Gasteiger partial charge in [0.15, 0.2) is 5.65 Å². The summed E-state index contributed by atoms with van der Waals surface area (Å²) in [7, 11) is -3.70. The number of nitrogens with two attached hydrogens (primary N) is 1. The lowest BCUT2D eigenvalue weighted by Gasteiger charge is -2.09. The van der Waals surface area contributed by atoms with Crippen LogP contribution in [-0.2, 0) is 16.4 Å². The van der Waals surface area contributed by atoms with Crippen LogP contribution in [0.25, 0.3) is 27.8 Å². The zero-order valence-electron chi connectivity index (χ0n) is 18.6. The predicted octanol–water partition coefficient (Wildman–Crippen LogP) is 5.15. The van der Waals surface area contributed by atoms with E-state index in [1.54, 1.807) is 18.5 Å². The van der Waals surface area contributed by atoms with Crippen molar-refractivity contribution in [3.8, 4) is 16.8 Å². The molecular weight excluding hydrogens is 526 g/mol. The van der Waals surface area contributed by atoms with Gasteiger partial charge in [-0.25, -0.2) is 23.5 Å². The van der Waals surface area contributed by atoms with Crippen molar-refractivity contribution < 1.29 is 8.42 Å². The summed E-state index contributed by atoms with van der Waals surface area (Å²) in [6, 6.07) is 24.9. The molecule has 0 bridgehead atoms. The number of hydrogen-bond acceptors (Lipinski definition) is 5. The monoisotopic (exact) mass is 547 g/mol. The van der Waals surface area contributed by atoms with Crippen molar-refractivity contribution in [2.45, 2.75) is 11.3 Å². The maximum atomic E-state index is 11.5. The number of anilines is 1. The van der Waals surface area contributed by atoms with E-state index in [2.05, 4.69) is 54.1 Å². The van der Waals surface area contributed by atoms with Crippen molar-refractivity contribution in [2.75, 3.05) is 11.9 Å². The number of fused-ring (bicyclic) bond motifs is 1. The number of hydrogen-bond donors (Lipinski definition) is 2. The molecule has 0 saturated heterocycles. The Kier molecular flexibility index (Phi) is 6.38. The zero-order chi connectivity index (χ0) is 24.4. The summed E-state index contributed by atoms with van der Waals surface area (Å²) in [5, 5.41) is 9.58. The molecule has 9 heteroatoms. The lowest BCUT2D eigenvalue weighted by atomic mass is 10.1. The molecule has 176 valence electrons. The van der Waals surface area contributed by atoms with Crippen LogP contribution in [0.2, 0.25) is 0 Å². The van der Waals surface area contributed by atoms with Crippen LogP contribution in [0.5, 0.6) is 0 Å². The third-order valence-electron chi connectivity index (χ3n) is 5.73. The lowest BCUT2D eigenvalue weighted by Crippen LogP contribution is -2.12. The number of nitrogens with one attached hydrogen (secondary N) is 1. The van der Waals surface area contributed by atoms with Gasteiger partial charge in [0.1, 0.15) is 12.1 Å². The Balaban J connectivity index is 1.49. The summed E-state index contributed by atoms with van der Waals surface area (Å²) in [6.45, 7) is 0.610. The maximum absolute atomic E-state index is 11.5. The molecule has 2 heterocycles. The molecule has 0 fully saturated rings. The van der Waals surface area contributed by atoms with Gasteiger partial charge in [0.2, 0.25) is 10.0 Å². The first kappa shape index (κ1) is 23.2. The van der Waals surface area contributed by atoms with E-state index in [0.717, 1.165) is 43.7 Å². The second-order valence-corrected chi connectivity index (χ2v) is 10.5. The van der Waals surface area contributed by atoms with Crippen molar-refractivity contribution in [3.63, 3.8) is 0 Å². The van der Waals surface area contributed by atoms with Crippen molar-refractivity contribution >= 4 is 42.8 Å². The number of primary sulfonamides is 1. The van der Waals surface area contributed by atoms with Gasteiger partial charge in [-0.05, 0) is 53.9 Å². The van der Waals surface area contributed by atoms with Gasteiger partial charge >= 0.3 is 0 Å². The van der Waals surface area contributed by atoms with E-state index in [9.17, 15) is 8.42 Å². The first-order chi connectivity index (χ1) is 16.9. The van der Waals surface area contributed by atoms with Crippen LogP contribution >= 0.6 is 15.9 Å². The number of sulfonamides is 1. The molecule has 2 aromatic heterocycles. The minimum Gasteiger partial charge on any atom is -0.369 e. The summed E-state index contributed by atoms with van der Waals surface area (Å²) < 4.78 is 26.1. The van der Waals surface area contributed by atoms with Crippen LogP contribution in [-0.4, -0.2) is 29.5 Å². The van der Waals surface area contributed by atoms with Crippen LogP contribution in [0, 0.1) is 0 Å². The van der Waals surface area contributed by atoms with E-state index >= 15 is 0 Å². The molecule has 0 amide bonds. The highest BCUT2D eigenvalue weighted by atomic mass is 79.9. The predicted molar refractivity (Wildman–Crippen MR) is 142 cm³/mol. The molecule has 3 N–H and O–H groups in total. The molecule has 0 spiro atoms. The average Bonchev–Trinajstić information content (AvgIpc) is 3.25. The van der Waals surface area contributed by atoms with Crippen LogP contribution < -0.4 is 10.5 Å². The van der Waals surface area contributed by atoms with Gasteiger partial charge in [-0.1, -0.05) is 58.4 Å². The standard InChI is InChI=1S/C26H22BrN5O2S/c27-20-8-10-21(11-9-20)32-16-23(19-4-2-1-3-5-19)24-25(30-17-31-26(24)32)29-15-14-18-6-12-22(13-7-18)35(28,33)34/h1-13,16-17H,14-15H2,(H2,28,33,34)(H,29,30,31). The largest absolute Gasteiger partial charge is 0.369 e. The van der Waals surface area contributed by atoms with Gasteiger partial charge in [-0.3, -0.25) is 0 Å². The highest BCUT2D eigenvalue weighted by molar-refractivity contribution is 9.10. The number of nitrogens with zero attached hydrogens (tertiary/aromatic N) is 3. The first-order valence-corrected chi connectivity index (χ1v) is 13.3. The van der Waals surface area contributed by atoms with Gasteiger partial charge in [0, 0.05) is 28.5 Å². The van der Waals surface area contributed by atoms with E-state index in [0.29, 0.717) is 13.0 Å². The third kappa shape index (κ3) is 4.97. The maximum Gasteiger partial charge on any atom is 0.238 e. The van der Waals surface area contributed by atoms with Crippen molar-refractivity contribution in [1.82, 2.24) is 14.5 Å². The molecule has 0 radical (unpaired) electrons. The van der Waals surface area contributed by atoms with Gasteiger partial charge < -0.3 is 9.88 Å². The summed E-state index contributed by atoms with van der Waals surface area (Å²) in [5.41, 5.74) is 4.90. The summed E-state index contributed by atoms with van der Waals surface area (Å²) >= 11 is 3.50. The van der Waals surface area contributed by atoms with E-state index in [1.807, 2.05) is 42.5 Å². The Morgan fingerprint density at radius 3 is 2.31 bits per heavy atom. The molecule has 0 aliphatic rings. The van der Waals surface area contributed by atoms with E-state index in [1.165, 1.54) is 12.1 Å². The van der Waals surface area contributed by atoms with Crippen molar-refractivity contribution in [1.29, 1.82) is 0 Å². The van der Waals surface area contributed by atoms with Gasteiger partial charge in [-0.2, -0.15) is 0 Å². The van der Waals surface area contributed by atoms with Crippen molar-refractivity contribution in [2.24, 2.45) is 5.14 Å². The Hall–Kier alpha value is -3.53. The molecule has 3 aromatic carbocycles. The second-order valence-electron chi connectivity index (χ2n) is 8.04. The quantitative estimate of drug-likeness (QED) is 0.293. The summed E-state index contributed by atoms with van der Waals surface area (Å²) in [5.74, 6) is 0.742. The number of rotatable bonds is 7. The number of aromatic nitrogens is 3. The van der Waals surface area contributed by atoms with E-state index in [4.69, 9.17) is 5.14 Å². The van der Waals surface area contributed by atoms with Crippen LogP contribution in [0.15, 0.2) is 101 Å². The van der Waals surface area contributed by atoms with Crippen LogP contribution in [0.3, 0.4) is 0 Å². The van der Waals surface area contributed by atoms with E-state index < -0.39 is 10.0 Å². The summed E-state index contributed by atoms with van der Waals surface area (Å²) in [4.78, 5) is 9.28. The fourth-order valence-corrected chi connectivity index (χ4v) is 4.78. The zero-order valence-corrected chi connectivity index (χ0v) is 21.0.